The van der Waals surface area contributed by atoms with Crippen LogP contribution in [0, 0.1) is 16.7 Å². The number of carbonyl (C=O) groups excluding carboxylic acids is 1. The van der Waals surface area contributed by atoms with Crippen LogP contribution in [0.15, 0.2) is 16.6 Å². The van der Waals surface area contributed by atoms with Gasteiger partial charge in [-0.3, -0.25) is 4.90 Å². The lowest BCUT2D eigenvalue weighted by Gasteiger charge is -2.48. The van der Waals surface area contributed by atoms with E-state index < -0.39 is 0 Å². The molecule has 1 amide bonds. The van der Waals surface area contributed by atoms with Gasteiger partial charge in [0.15, 0.2) is 0 Å². The molecule has 1 atom stereocenters. The molecule has 3 fully saturated rings. The molecule has 3 heterocycles. The van der Waals surface area contributed by atoms with E-state index in [0.717, 1.165) is 49.6 Å². The lowest BCUT2D eigenvalue weighted by molar-refractivity contribution is -0.00294. The Hall–Kier alpha value is -1.85. The molecule has 1 aliphatic carbocycles. The molecular weight excluding hydrogens is 422 g/mol. The summed E-state index contributed by atoms with van der Waals surface area (Å²) in [5, 5.41) is 9.11. The standard InChI is InChI=1S/C20H26BrN5O2/c1-2-28-19(27)26-13-20(14-26)6-5-16(11-20)24-7-9-25(10-8-24)18-17(21)4-3-15(12-22)23-18/h3-4,16H,2,5-11,13-14H2,1H3/t16-/m1/s1. The summed E-state index contributed by atoms with van der Waals surface area (Å²) in [5.74, 6) is 0.866. The number of halogens is 1. The van der Waals surface area contributed by atoms with Crippen molar-refractivity contribution in [2.24, 2.45) is 5.41 Å². The number of piperazine rings is 1. The molecule has 7 nitrogen and oxygen atoms in total. The maximum Gasteiger partial charge on any atom is 0.409 e. The first-order valence-electron chi connectivity index (χ1n) is 10.0. The minimum absolute atomic E-state index is 0.164. The normalized spacial score (nSPS) is 24.1. The zero-order valence-corrected chi connectivity index (χ0v) is 17.8. The highest BCUT2D eigenvalue weighted by atomic mass is 79.9. The molecular formula is C20H26BrN5O2. The number of amides is 1. The maximum absolute atomic E-state index is 11.9. The Morgan fingerprint density at radius 2 is 2.11 bits per heavy atom. The van der Waals surface area contributed by atoms with Crippen LogP contribution in [0.3, 0.4) is 0 Å². The Morgan fingerprint density at radius 1 is 1.36 bits per heavy atom. The average molecular weight is 448 g/mol. The van der Waals surface area contributed by atoms with Crippen LogP contribution < -0.4 is 4.90 Å². The van der Waals surface area contributed by atoms with E-state index in [9.17, 15) is 4.79 Å². The third-order valence-electron chi connectivity index (χ3n) is 6.33. The fraction of sp³-hybridized carbons (Fsp3) is 0.650. The third kappa shape index (κ3) is 3.70. The van der Waals surface area contributed by atoms with Crippen LogP contribution in [0.2, 0.25) is 0 Å². The molecule has 1 aromatic rings. The first-order chi connectivity index (χ1) is 13.5. The number of pyridine rings is 1. The van der Waals surface area contributed by atoms with Crippen molar-refractivity contribution in [2.75, 3.05) is 50.8 Å². The number of carbonyl (C=O) groups is 1. The summed E-state index contributed by atoms with van der Waals surface area (Å²) in [6.45, 7) is 7.83. The fourth-order valence-corrected chi connectivity index (χ4v) is 5.37. The van der Waals surface area contributed by atoms with Crippen molar-refractivity contribution >= 4 is 27.8 Å². The van der Waals surface area contributed by atoms with Crippen LogP contribution in [0.25, 0.3) is 0 Å². The number of aromatic nitrogens is 1. The molecule has 8 heteroatoms. The number of likely N-dealkylation sites (tertiary alicyclic amines) is 1. The van der Waals surface area contributed by atoms with Crippen molar-refractivity contribution in [2.45, 2.75) is 32.2 Å². The minimum Gasteiger partial charge on any atom is -0.450 e. The molecule has 0 unspecified atom stereocenters. The molecule has 1 aromatic heterocycles. The fourth-order valence-electron chi connectivity index (χ4n) is 4.90. The van der Waals surface area contributed by atoms with Gasteiger partial charge in [0, 0.05) is 50.7 Å². The van der Waals surface area contributed by atoms with Crippen LogP contribution in [0.1, 0.15) is 31.9 Å². The highest BCUT2D eigenvalue weighted by Crippen LogP contribution is 2.47. The second-order valence-electron chi connectivity index (χ2n) is 8.09. The summed E-state index contributed by atoms with van der Waals surface area (Å²) in [6.07, 6.45) is 3.42. The van der Waals surface area contributed by atoms with E-state index in [1.54, 1.807) is 6.07 Å². The van der Waals surface area contributed by atoms with Gasteiger partial charge in [-0.1, -0.05) is 0 Å². The number of hydrogen-bond acceptors (Lipinski definition) is 6. The van der Waals surface area contributed by atoms with Gasteiger partial charge in [-0.2, -0.15) is 5.26 Å². The summed E-state index contributed by atoms with van der Waals surface area (Å²) >= 11 is 3.57. The predicted octanol–water partition coefficient (Wildman–Crippen LogP) is 2.85. The summed E-state index contributed by atoms with van der Waals surface area (Å²) in [6, 6.07) is 6.37. The summed E-state index contributed by atoms with van der Waals surface area (Å²) in [7, 11) is 0. The SMILES string of the molecule is CCOC(=O)N1CC2(CC[C@@H](N3CCN(c4nc(C#N)ccc4Br)CC3)C2)C1. The van der Waals surface area contributed by atoms with Crippen molar-refractivity contribution in [3.63, 3.8) is 0 Å². The van der Waals surface area contributed by atoms with E-state index in [1.807, 2.05) is 17.9 Å². The number of nitriles is 1. The van der Waals surface area contributed by atoms with Crippen LogP contribution in [0.4, 0.5) is 10.6 Å². The molecule has 1 saturated carbocycles. The highest BCUT2D eigenvalue weighted by molar-refractivity contribution is 9.10. The number of rotatable bonds is 3. The quantitative estimate of drug-likeness (QED) is 0.708. The number of ether oxygens (including phenoxy) is 1. The van der Waals surface area contributed by atoms with Crippen molar-refractivity contribution in [3.8, 4) is 6.07 Å². The Morgan fingerprint density at radius 3 is 2.79 bits per heavy atom. The second kappa shape index (κ2) is 7.88. The molecule has 3 aliphatic rings. The first kappa shape index (κ1) is 19.5. The van der Waals surface area contributed by atoms with E-state index >= 15 is 0 Å². The zero-order valence-electron chi connectivity index (χ0n) is 16.2. The second-order valence-corrected chi connectivity index (χ2v) is 8.94. The van der Waals surface area contributed by atoms with Crippen molar-refractivity contribution in [3.05, 3.63) is 22.3 Å². The highest BCUT2D eigenvalue weighted by Gasteiger charge is 2.51. The van der Waals surface area contributed by atoms with E-state index in [1.165, 1.54) is 19.3 Å². The summed E-state index contributed by atoms with van der Waals surface area (Å²) in [5.41, 5.74) is 0.759. The molecule has 4 rings (SSSR count). The lowest BCUT2D eigenvalue weighted by atomic mass is 9.78. The van der Waals surface area contributed by atoms with E-state index in [-0.39, 0.29) is 6.09 Å². The van der Waals surface area contributed by atoms with Gasteiger partial charge < -0.3 is 14.5 Å². The van der Waals surface area contributed by atoms with Gasteiger partial charge in [-0.15, -0.1) is 0 Å². The van der Waals surface area contributed by atoms with Gasteiger partial charge in [-0.05, 0) is 54.2 Å². The molecule has 2 aliphatic heterocycles. The number of hydrogen-bond donors (Lipinski definition) is 0. The van der Waals surface area contributed by atoms with Gasteiger partial charge in [-0.25, -0.2) is 9.78 Å². The van der Waals surface area contributed by atoms with Crippen LogP contribution in [-0.4, -0.2) is 72.8 Å². The Balaban J connectivity index is 1.30. The maximum atomic E-state index is 11.9. The average Bonchev–Trinajstić information content (AvgIpc) is 3.13. The Bertz CT molecular complexity index is 781. The van der Waals surface area contributed by atoms with Gasteiger partial charge in [0.25, 0.3) is 0 Å². The monoisotopic (exact) mass is 447 g/mol. The zero-order chi connectivity index (χ0) is 19.7. The Kier molecular flexibility index (Phi) is 5.48. The third-order valence-corrected chi connectivity index (χ3v) is 6.95. The molecule has 0 N–H and O–H groups in total. The molecule has 0 bridgehead atoms. The predicted molar refractivity (Wildman–Crippen MR) is 109 cm³/mol. The molecule has 0 radical (unpaired) electrons. The smallest absolute Gasteiger partial charge is 0.409 e. The van der Waals surface area contributed by atoms with Gasteiger partial charge >= 0.3 is 6.09 Å². The van der Waals surface area contributed by atoms with Gasteiger partial charge in [0.05, 0.1) is 11.1 Å². The number of anilines is 1. The van der Waals surface area contributed by atoms with E-state index in [4.69, 9.17) is 10.00 Å². The van der Waals surface area contributed by atoms with Crippen LogP contribution in [0.5, 0.6) is 0 Å². The van der Waals surface area contributed by atoms with Gasteiger partial charge in [0.1, 0.15) is 17.6 Å². The van der Waals surface area contributed by atoms with Crippen molar-refractivity contribution < 1.29 is 9.53 Å². The Labute approximate surface area is 174 Å². The molecule has 2 saturated heterocycles. The number of nitrogens with zero attached hydrogens (tertiary/aromatic N) is 5. The van der Waals surface area contributed by atoms with Crippen LogP contribution in [-0.2, 0) is 4.74 Å². The van der Waals surface area contributed by atoms with Gasteiger partial charge in [0.2, 0.25) is 0 Å². The molecule has 28 heavy (non-hydrogen) atoms. The summed E-state index contributed by atoms with van der Waals surface area (Å²) < 4.78 is 6.05. The lowest BCUT2D eigenvalue weighted by Crippen LogP contribution is -2.58. The summed E-state index contributed by atoms with van der Waals surface area (Å²) in [4.78, 5) is 23.0. The molecule has 0 aromatic carbocycles. The first-order valence-corrected chi connectivity index (χ1v) is 10.8. The van der Waals surface area contributed by atoms with Crippen LogP contribution >= 0.6 is 15.9 Å². The topological polar surface area (TPSA) is 72.7 Å². The molecule has 150 valence electrons. The van der Waals surface area contributed by atoms with E-state index in [0.29, 0.717) is 23.8 Å². The largest absolute Gasteiger partial charge is 0.450 e. The molecule has 1 spiro atoms. The van der Waals surface area contributed by atoms with Crippen molar-refractivity contribution in [1.29, 1.82) is 5.26 Å². The van der Waals surface area contributed by atoms with E-state index in [2.05, 4.69) is 36.8 Å². The minimum atomic E-state index is -0.164. The van der Waals surface area contributed by atoms with Crippen molar-refractivity contribution in [1.82, 2.24) is 14.8 Å².